The molecule has 6 N–H and O–H groups in total. The molecule has 3 saturated heterocycles. The van der Waals surface area contributed by atoms with Crippen LogP contribution >= 0.6 is 13.4 Å². The molecule has 20 nitrogen and oxygen atoms in total. The molecule has 242 valence electrons. The van der Waals surface area contributed by atoms with Gasteiger partial charge in [0, 0.05) is 0 Å². The summed E-state index contributed by atoms with van der Waals surface area (Å²) in [6.07, 6.45) is -11.1. The standard InChI is InChI=1S/C19H21F2N11O9P2S2/c20-7-5-1-36-42(34,44)40-11-6(39-17(8(11)21)31-4-26-9-13(22)24-3-25-14(9)31)2-37-43(35,45)41-12(7)18(38-5)32-15-10(29-30-32)16(33)28-19(23)27-15/h3-8,10-12,17-18H,1-2H2,(H,34,44)(H,35,45)(H2,22,24,25)(H2,23,28,33)/t5-,6-,7-,8+,10?,11-,12-,17-,18-,42?,43?/m1/s1. The second-order valence-corrected chi connectivity index (χ2v) is 15.6. The molecule has 0 spiro atoms. The van der Waals surface area contributed by atoms with E-state index in [0.29, 0.717) is 0 Å². The SMILES string of the molecule is N=C1N=C2C(N=NN2[C@@H]2O[C@@H]3COP(O)(=S)O[C@H]4[C@H](F)[C@H](n5cnc6c(N)ncnc65)O[C@@H]4COP(O)(=S)O[C@@H]2[C@@H]3F)C(=O)N1. The monoisotopic (exact) mass is 711 g/mol. The van der Waals surface area contributed by atoms with E-state index < -0.39 is 93.8 Å². The maximum Gasteiger partial charge on any atom is 0.325 e. The van der Waals surface area contributed by atoms with Crippen molar-refractivity contribution in [3.63, 3.8) is 0 Å². The van der Waals surface area contributed by atoms with E-state index in [4.69, 9.17) is 62.3 Å². The first-order chi connectivity index (χ1) is 21.3. The normalized spacial score (nSPS) is 42.0. The van der Waals surface area contributed by atoms with Crippen LogP contribution in [0.5, 0.6) is 0 Å². The zero-order valence-corrected chi connectivity index (χ0v) is 25.6. The van der Waals surface area contributed by atoms with Crippen molar-refractivity contribution in [2.45, 2.75) is 55.3 Å². The largest absolute Gasteiger partial charge is 0.382 e. The minimum absolute atomic E-state index is 0.0380. The maximum atomic E-state index is 16.0. The highest BCUT2D eigenvalue weighted by Crippen LogP contribution is 2.54. The van der Waals surface area contributed by atoms with Crippen LogP contribution in [-0.2, 0) is 56.0 Å². The minimum Gasteiger partial charge on any atom is -0.382 e. The lowest BCUT2D eigenvalue weighted by Crippen LogP contribution is -2.52. The van der Waals surface area contributed by atoms with Crippen LogP contribution in [0.4, 0.5) is 14.6 Å². The number of guanidine groups is 1. The predicted molar refractivity (Wildman–Crippen MR) is 151 cm³/mol. The van der Waals surface area contributed by atoms with E-state index in [2.05, 4.69) is 35.6 Å². The van der Waals surface area contributed by atoms with Crippen LogP contribution in [0.25, 0.3) is 11.2 Å². The number of carbonyl (C=O) groups is 1. The number of amides is 1. The second-order valence-electron chi connectivity index (χ2n) is 10.0. The summed E-state index contributed by atoms with van der Waals surface area (Å²) in [5.74, 6) is -1.38. The van der Waals surface area contributed by atoms with E-state index in [1.807, 2.05) is 0 Å². The Morgan fingerprint density at radius 2 is 1.71 bits per heavy atom. The van der Waals surface area contributed by atoms with Gasteiger partial charge in [0.1, 0.15) is 36.3 Å². The van der Waals surface area contributed by atoms with Crippen molar-refractivity contribution in [2.75, 3.05) is 18.9 Å². The van der Waals surface area contributed by atoms with Crippen molar-refractivity contribution in [3.05, 3.63) is 12.7 Å². The van der Waals surface area contributed by atoms with E-state index in [1.165, 1.54) is 10.9 Å². The summed E-state index contributed by atoms with van der Waals surface area (Å²) in [5.41, 5.74) is 6.14. The first kappa shape index (κ1) is 31.0. The molecule has 7 heterocycles. The molecule has 5 aliphatic rings. The topological polar surface area (TPSA) is 259 Å². The molecule has 2 aromatic heterocycles. The van der Waals surface area contributed by atoms with Gasteiger partial charge in [-0.2, -0.15) is 10.0 Å². The van der Waals surface area contributed by atoms with Gasteiger partial charge in [-0.3, -0.25) is 29.1 Å². The van der Waals surface area contributed by atoms with Crippen molar-refractivity contribution in [1.82, 2.24) is 29.8 Å². The van der Waals surface area contributed by atoms with E-state index in [-0.39, 0.29) is 22.8 Å². The molecule has 1 amide bonds. The molecule has 3 unspecified atom stereocenters. The number of nitrogens with two attached hydrogens (primary N) is 1. The molecule has 0 aliphatic carbocycles. The van der Waals surface area contributed by atoms with Gasteiger partial charge in [-0.05, 0) is 23.6 Å². The average Bonchev–Trinajstić information content (AvgIpc) is 3.72. The van der Waals surface area contributed by atoms with E-state index >= 15 is 8.78 Å². The lowest BCUT2D eigenvalue weighted by atomic mass is 10.1. The van der Waals surface area contributed by atoms with Crippen LogP contribution in [0.15, 0.2) is 28.0 Å². The molecule has 7 rings (SSSR count). The Hall–Kier alpha value is -2.60. The van der Waals surface area contributed by atoms with Crippen molar-refractivity contribution >= 4 is 71.7 Å². The van der Waals surface area contributed by atoms with E-state index in [0.717, 1.165) is 11.3 Å². The highest BCUT2D eigenvalue weighted by atomic mass is 32.5. The number of alkyl halides is 2. The van der Waals surface area contributed by atoms with Gasteiger partial charge in [-0.15, -0.1) is 5.11 Å². The number of hydrogen-bond acceptors (Lipinski definition) is 17. The highest BCUT2D eigenvalue weighted by Gasteiger charge is 2.56. The van der Waals surface area contributed by atoms with Gasteiger partial charge in [0.2, 0.25) is 12.0 Å². The zero-order chi connectivity index (χ0) is 31.8. The van der Waals surface area contributed by atoms with Crippen molar-refractivity contribution < 1.29 is 50.9 Å². The molecular weight excluding hydrogens is 690 g/mol. The summed E-state index contributed by atoms with van der Waals surface area (Å²) >= 11 is 10.2. The number of ether oxygens (including phenoxy) is 2. The van der Waals surface area contributed by atoms with E-state index in [1.54, 1.807) is 0 Å². The van der Waals surface area contributed by atoms with Gasteiger partial charge in [0.15, 0.2) is 42.1 Å². The number of halogens is 2. The first-order valence-electron chi connectivity index (χ1n) is 12.8. The third-order valence-corrected chi connectivity index (χ3v) is 10.3. The molecule has 26 heteroatoms. The molecule has 5 aliphatic heterocycles. The fourth-order valence-corrected chi connectivity index (χ4v) is 8.04. The van der Waals surface area contributed by atoms with Gasteiger partial charge in [-0.1, -0.05) is 5.22 Å². The van der Waals surface area contributed by atoms with Gasteiger partial charge in [0.25, 0.3) is 5.91 Å². The number of hydrogen-bond donors (Lipinski definition) is 5. The molecule has 2 bridgehead atoms. The number of anilines is 1. The summed E-state index contributed by atoms with van der Waals surface area (Å²) in [4.78, 5) is 50.0. The number of fused-ring (bicyclic) bond motifs is 5. The molecule has 0 radical (unpaired) electrons. The quantitative estimate of drug-likeness (QED) is 0.245. The molecule has 3 fully saturated rings. The van der Waals surface area contributed by atoms with Crippen LogP contribution in [-0.4, -0.2) is 114 Å². The summed E-state index contributed by atoms with van der Waals surface area (Å²) < 4.78 is 66.5. The van der Waals surface area contributed by atoms with Gasteiger partial charge < -0.3 is 34.0 Å². The van der Waals surface area contributed by atoms with Gasteiger partial charge >= 0.3 is 13.4 Å². The summed E-state index contributed by atoms with van der Waals surface area (Å²) in [6, 6.07) is -1.26. The van der Waals surface area contributed by atoms with Crippen LogP contribution in [0.2, 0.25) is 0 Å². The number of rotatable bonds is 2. The Bertz CT molecular complexity index is 1740. The Labute approximate surface area is 259 Å². The number of nitrogens with one attached hydrogen (secondary N) is 2. The summed E-state index contributed by atoms with van der Waals surface area (Å²) in [5, 5.41) is 18.4. The number of aromatic nitrogens is 4. The Balaban J connectivity index is 1.17. The third kappa shape index (κ3) is 5.57. The zero-order valence-electron chi connectivity index (χ0n) is 22.1. The number of carbonyl (C=O) groups excluding carboxylic acids is 1. The Morgan fingerprint density at radius 3 is 2.47 bits per heavy atom. The number of amidine groups is 1. The Morgan fingerprint density at radius 1 is 1.02 bits per heavy atom. The maximum absolute atomic E-state index is 16.0. The fraction of sp³-hybridized carbons (Fsp3) is 0.579. The van der Waals surface area contributed by atoms with Crippen LogP contribution in [0.3, 0.4) is 0 Å². The van der Waals surface area contributed by atoms with Crippen molar-refractivity contribution in [1.29, 1.82) is 5.41 Å². The molecule has 0 saturated carbocycles. The molecule has 11 atom stereocenters. The number of nitrogens with zero attached hydrogens (tertiary/aromatic N) is 8. The van der Waals surface area contributed by atoms with E-state index in [9.17, 15) is 14.6 Å². The lowest BCUT2D eigenvalue weighted by molar-refractivity contribution is -0.119. The molecule has 0 aromatic carbocycles. The van der Waals surface area contributed by atoms with Crippen molar-refractivity contribution in [2.24, 2.45) is 15.3 Å². The third-order valence-electron chi connectivity index (χ3n) is 7.21. The average molecular weight is 712 g/mol. The van der Waals surface area contributed by atoms with Gasteiger partial charge in [0.05, 0.1) is 19.5 Å². The molecule has 2 aromatic rings. The predicted octanol–water partition coefficient (Wildman–Crippen LogP) is -0.528. The van der Waals surface area contributed by atoms with Crippen LogP contribution in [0.1, 0.15) is 6.23 Å². The minimum atomic E-state index is -4.38. The van der Waals surface area contributed by atoms with Gasteiger partial charge in [-0.25, -0.2) is 23.7 Å². The Kier molecular flexibility index (Phi) is 7.78. The second kappa shape index (κ2) is 11.3. The number of aliphatic imine (C=N–C) groups is 1. The van der Waals surface area contributed by atoms with Crippen LogP contribution < -0.4 is 11.1 Å². The lowest BCUT2D eigenvalue weighted by Gasteiger charge is -2.30. The number of imidazole rings is 1. The summed E-state index contributed by atoms with van der Waals surface area (Å²) in [6.45, 7) is -10.1. The first-order valence-corrected chi connectivity index (χ1v) is 18.0. The van der Waals surface area contributed by atoms with Crippen molar-refractivity contribution in [3.8, 4) is 0 Å². The smallest absolute Gasteiger partial charge is 0.325 e. The highest BCUT2D eigenvalue weighted by molar-refractivity contribution is 8.07. The molecular formula is C19H21F2N11O9P2S2. The van der Waals surface area contributed by atoms with Crippen LogP contribution in [0, 0.1) is 5.41 Å². The number of nitrogen functional groups attached to an aromatic ring is 1. The molecule has 45 heavy (non-hydrogen) atoms. The summed E-state index contributed by atoms with van der Waals surface area (Å²) in [7, 11) is 0. The fourth-order valence-electron chi connectivity index (χ4n) is 5.20.